The molecule has 0 bridgehead atoms. The van der Waals surface area contributed by atoms with E-state index in [0.29, 0.717) is 27.0 Å². The van der Waals surface area contributed by atoms with Crippen molar-refractivity contribution in [2.45, 2.75) is 0 Å². The van der Waals surface area contributed by atoms with Crippen LogP contribution in [0.4, 0.5) is 11.4 Å². The van der Waals surface area contributed by atoms with Crippen LogP contribution in [-0.4, -0.2) is 12.5 Å². The van der Waals surface area contributed by atoms with E-state index in [9.17, 15) is 4.79 Å². The molecule has 0 aromatic heterocycles. The zero-order valence-corrected chi connectivity index (χ0v) is 13.4. The first-order chi connectivity index (χ1) is 10.5. The second-order valence-corrected chi connectivity index (χ2v) is 5.58. The second-order valence-electron chi connectivity index (χ2n) is 4.33. The zero-order valence-electron chi connectivity index (χ0n) is 11.2. The van der Waals surface area contributed by atoms with E-state index >= 15 is 0 Å². The van der Waals surface area contributed by atoms with E-state index in [1.165, 1.54) is 6.07 Å². The average Bonchev–Trinajstić information content (AvgIpc) is 2.48. The topological polar surface area (TPSA) is 64.9 Å². The first-order valence-electron chi connectivity index (χ1n) is 6.18. The fraction of sp³-hybridized carbons (Fsp3) is 0.0667. The average molecular weight is 355 g/mol. The van der Waals surface area contributed by atoms with Crippen molar-refractivity contribution in [3.8, 4) is 6.07 Å². The highest BCUT2D eigenvalue weighted by molar-refractivity contribution is 6.35. The molecule has 2 aromatic carbocycles. The van der Waals surface area contributed by atoms with E-state index in [4.69, 9.17) is 40.1 Å². The first-order valence-corrected chi connectivity index (χ1v) is 7.31. The maximum atomic E-state index is 11.9. The number of nitrogens with one attached hydrogen (secondary N) is 2. The monoisotopic (exact) mass is 353 g/mol. The molecule has 2 aromatic rings. The molecule has 0 atom stereocenters. The predicted octanol–water partition coefficient (Wildman–Crippen LogP) is 4.57. The second kappa shape index (κ2) is 7.37. The smallest absolute Gasteiger partial charge is 0.243 e. The van der Waals surface area contributed by atoms with Gasteiger partial charge in [0.25, 0.3) is 0 Å². The molecule has 2 rings (SSSR count). The lowest BCUT2D eigenvalue weighted by molar-refractivity contribution is -0.114. The Balaban J connectivity index is 1.97. The van der Waals surface area contributed by atoms with Crippen molar-refractivity contribution in [2.75, 3.05) is 17.2 Å². The molecule has 22 heavy (non-hydrogen) atoms. The summed E-state index contributed by atoms with van der Waals surface area (Å²) in [5.74, 6) is -0.281. The number of anilines is 2. The fourth-order valence-corrected chi connectivity index (χ4v) is 2.28. The molecular weight excluding hydrogens is 345 g/mol. The Morgan fingerprint density at radius 3 is 2.55 bits per heavy atom. The van der Waals surface area contributed by atoms with Crippen LogP contribution in [0, 0.1) is 11.3 Å². The molecule has 1 amide bonds. The highest BCUT2D eigenvalue weighted by Crippen LogP contribution is 2.25. The van der Waals surface area contributed by atoms with Gasteiger partial charge in [-0.25, -0.2) is 0 Å². The molecule has 7 heteroatoms. The fourth-order valence-electron chi connectivity index (χ4n) is 1.70. The number of carbonyl (C=O) groups excluding carboxylic acids is 1. The van der Waals surface area contributed by atoms with Crippen LogP contribution in [0.2, 0.25) is 15.1 Å². The summed E-state index contributed by atoms with van der Waals surface area (Å²) in [6.45, 7) is 0.0116. The van der Waals surface area contributed by atoms with Gasteiger partial charge < -0.3 is 10.6 Å². The third kappa shape index (κ3) is 4.28. The van der Waals surface area contributed by atoms with Gasteiger partial charge in [-0.3, -0.25) is 4.79 Å². The molecule has 112 valence electrons. The first kappa shape index (κ1) is 16.4. The van der Waals surface area contributed by atoms with E-state index in [1.807, 2.05) is 6.07 Å². The Bertz CT molecular complexity index is 756. The number of hydrogen-bond acceptors (Lipinski definition) is 3. The van der Waals surface area contributed by atoms with Crippen molar-refractivity contribution < 1.29 is 4.79 Å². The Morgan fingerprint density at radius 1 is 1.09 bits per heavy atom. The number of amides is 1. The molecule has 0 heterocycles. The molecule has 0 saturated carbocycles. The number of hydrogen-bond donors (Lipinski definition) is 2. The molecule has 0 fully saturated rings. The lowest BCUT2D eigenvalue weighted by atomic mass is 10.2. The van der Waals surface area contributed by atoms with Gasteiger partial charge in [0.05, 0.1) is 27.8 Å². The Kier molecular flexibility index (Phi) is 5.51. The van der Waals surface area contributed by atoms with E-state index < -0.39 is 0 Å². The van der Waals surface area contributed by atoms with Crippen LogP contribution in [0.1, 0.15) is 5.56 Å². The molecule has 2 N–H and O–H groups in total. The summed E-state index contributed by atoms with van der Waals surface area (Å²) < 4.78 is 0. The van der Waals surface area contributed by atoms with Gasteiger partial charge >= 0.3 is 0 Å². The third-order valence-corrected chi connectivity index (χ3v) is 3.62. The Hall–Kier alpha value is -1.93. The van der Waals surface area contributed by atoms with Gasteiger partial charge in [-0.05, 0) is 36.4 Å². The quantitative estimate of drug-likeness (QED) is 0.845. The molecule has 4 nitrogen and oxygen atoms in total. The van der Waals surface area contributed by atoms with Crippen molar-refractivity contribution in [2.24, 2.45) is 0 Å². The van der Waals surface area contributed by atoms with Crippen molar-refractivity contribution in [1.82, 2.24) is 0 Å². The number of benzene rings is 2. The Labute approximate surface area is 142 Å². The summed E-state index contributed by atoms with van der Waals surface area (Å²) in [5, 5.41) is 15.6. The maximum Gasteiger partial charge on any atom is 0.243 e. The van der Waals surface area contributed by atoms with Gasteiger partial charge in [-0.1, -0.05) is 34.8 Å². The molecule has 0 aliphatic carbocycles. The summed E-state index contributed by atoms with van der Waals surface area (Å²) >= 11 is 17.8. The Morgan fingerprint density at radius 2 is 1.86 bits per heavy atom. The minimum Gasteiger partial charge on any atom is -0.375 e. The molecule has 0 aliphatic heterocycles. The molecule has 0 spiro atoms. The van der Waals surface area contributed by atoms with Gasteiger partial charge in [0.15, 0.2) is 0 Å². The largest absolute Gasteiger partial charge is 0.375 e. The van der Waals surface area contributed by atoms with Crippen LogP contribution < -0.4 is 10.6 Å². The highest BCUT2D eigenvalue weighted by atomic mass is 35.5. The van der Waals surface area contributed by atoms with Crippen LogP contribution in [0.3, 0.4) is 0 Å². The van der Waals surface area contributed by atoms with Crippen molar-refractivity contribution in [3.05, 3.63) is 57.0 Å². The van der Waals surface area contributed by atoms with Gasteiger partial charge in [0.1, 0.15) is 6.07 Å². The lowest BCUT2D eigenvalue weighted by Gasteiger charge is -2.10. The van der Waals surface area contributed by atoms with Crippen molar-refractivity contribution in [3.63, 3.8) is 0 Å². The summed E-state index contributed by atoms with van der Waals surface area (Å²) in [5.41, 5.74) is 1.43. The highest BCUT2D eigenvalue weighted by Gasteiger charge is 2.07. The van der Waals surface area contributed by atoms with E-state index in [2.05, 4.69) is 10.6 Å². The van der Waals surface area contributed by atoms with E-state index in [0.717, 1.165) is 0 Å². The standard InChI is InChI=1S/C15H10Cl3N3O/c16-10-2-4-12(17)14(5-10)20-8-15(22)21-11-3-1-9(7-19)13(18)6-11/h1-6,20H,8H2,(H,21,22). The third-order valence-electron chi connectivity index (χ3n) is 2.74. The lowest BCUT2D eigenvalue weighted by Crippen LogP contribution is -2.21. The number of halogens is 3. The molecular formula is C15H10Cl3N3O. The molecule has 0 aliphatic rings. The summed E-state index contributed by atoms with van der Waals surface area (Å²) in [6, 6.07) is 11.6. The van der Waals surface area contributed by atoms with Gasteiger partial charge in [-0.2, -0.15) is 5.26 Å². The summed E-state index contributed by atoms with van der Waals surface area (Å²) in [7, 11) is 0. The number of rotatable bonds is 4. The normalized spacial score (nSPS) is 9.91. The van der Waals surface area contributed by atoms with Crippen molar-refractivity contribution in [1.29, 1.82) is 5.26 Å². The number of nitrogens with zero attached hydrogens (tertiary/aromatic N) is 1. The SMILES string of the molecule is N#Cc1ccc(NC(=O)CNc2cc(Cl)ccc2Cl)cc1Cl. The predicted molar refractivity (Wildman–Crippen MR) is 89.7 cm³/mol. The molecule has 0 radical (unpaired) electrons. The molecule has 0 unspecified atom stereocenters. The van der Waals surface area contributed by atoms with Gasteiger partial charge in [0, 0.05) is 10.7 Å². The van der Waals surface area contributed by atoms with Crippen molar-refractivity contribution >= 4 is 52.1 Å². The number of carbonyl (C=O) groups is 1. The van der Waals surface area contributed by atoms with Crippen LogP contribution >= 0.6 is 34.8 Å². The van der Waals surface area contributed by atoms with Crippen LogP contribution in [0.5, 0.6) is 0 Å². The van der Waals surface area contributed by atoms with Gasteiger partial charge in [0.2, 0.25) is 5.91 Å². The van der Waals surface area contributed by atoms with Crippen LogP contribution in [0.15, 0.2) is 36.4 Å². The van der Waals surface area contributed by atoms with E-state index in [-0.39, 0.29) is 17.5 Å². The number of nitriles is 1. The van der Waals surface area contributed by atoms with Gasteiger partial charge in [-0.15, -0.1) is 0 Å². The van der Waals surface area contributed by atoms with Crippen LogP contribution in [0.25, 0.3) is 0 Å². The van der Waals surface area contributed by atoms with E-state index in [1.54, 1.807) is 30.3 Å². The minimum atomic E-state index is -0.281. The summed E-state index contributed by atoms with van der Waals surface area (Å²) in [6.07, 6.45) is 0. The molecule has 0 saturated heterocycles. The summed E-state index contributed by atoms with van der Waals surface area (Å²) in [4.78, 5) is 11.9. The maximum absolute atomic E-state index is 11.9. The van der Waals surface area contributed by atoms with Crippen LogP contribution in [-0.2, 0) is 4.79 Å². The minimum absolute atomic E-state index is 0.0116. The zero-order chi connectivity index (χ0) is 16.1.